The molecule has 0 saturated carbocycles. The topological polar surface area (TPSA) is 47.3 Å². The van der Waals surface area contributed by atoms with Crippen LogP contribution >= 0.6 is 11.6 Å². The van der Waals surface area contributed by atoms with E-state index >= 15 is 0 Å². The number of fused-ring (bicyclic) bond motifs is 1. The number of pyridine rings is 1. The Bertz CT molecular complexity index is 437. The van der Waals surface area contributed by atoms with Gasteiger partial charge in [-0.1, -0.05) is 16.8 Å². The largest absolute Gasteiger partial charge is 0.296 e. The van der Waals surface area contributed by atoms with Gasteiger partial charge in [0.15, 0.2) is 12.0 Å². The van der Waals surface area contributed by atoms with E-state index in [1.165, 1.54) is 4.52 Å². The highest BCUT2D eigenvalue weighted by Crippen LogP contribution is 2.12. The Balaban J connectivity index is 2.83. The second kappa shape index (κ2) is 2.57. The van der Waals surface area contributed by atoms with Crippen molar-refractivity contribution >= 4 is 23.4 Å². The maximum atomic E-state index is 10.4. The molecular formula is C7H4ClN3O. The predicted octanol–water partition coefficient (Wildman–Crippen LogP) is 1.20. The van der Waals surface area contributed by atoms with E-state index in [2.05, 4.69) is 10.3 Å². The van der Waals surface area contributed by atoms with Crippen LogP contribution in [0.25, 0.3) is 5.52 Å². The van der Waals surface area contributed by atoms with Gasteiger partial charge in [-0.2, -0.15) is 0 Å². The van der Waals surface area contributed by atoms with Gasteiger partial charge < -0.3 is 0 Å². The molecule has 0 radical (unpaired) electrons. The molecule has 60 valence electrons. The Kier molecular flexibility index (Phi) is 1.55. The molecule has 0 aromatic carbocycles. The summed E-state index contributed by atoms with van der Waals surface area (Å²) in [5.74, 6) is 0. The van der Waals surface area contributed by atoms with E-state index in [1.54, 1.807) is 18.3 Å². The summed E-state index contributed by atoms with van der Waals surface area (Å²) < 4.78 is 1.50. The van der Waals surface area contributed by atoms with Crippen LogP contribution in [-0.2, 0) is 0 Å². The lowest BCUT2D eigenvalue weighted by molar-refractivity contribution is 0.112. The molecule has 0 aliphatic carbocycles. The summed E-state index contributed by atoms with van der Waals surface area (Å²) in [4.78, 5) is 10.4. The van der Waals surface area contributed by atoms with Gasteiger partial charge in [0.2, 0.25) is 0 Å². The summed E-state index contributed by atoms with van der Waals surface area (Å²) in [7, 11) is 0. The third kappa shape index (κ3) is 0.967. The van der Waals surface area contributed by atoms with E-state index in [-0.39, 0.29) is 0 Å². The van der Waals surface area contributed by atoms with Gasteiger partial charge in [0.1, 0.15) is 0 Å². The molecule has 0 aliphatic rings. The molecule has 2 aromatic rings. The average Bonchev–Trinajstić information content (AvgIpc) is 2.46. The van der Waals surface area contributed by atoms with Crippen molar-refractivity contribution in [2.45, 2.75) is 0 Å². The minimum absolute atomic E-state index is 0.303. The van der Waals surface area contributed by atoms with Crippen LogP contribution < -0.4 is 0 Å². The zero-order valence-electron chi connectivity index (χ0n) is 5.94. The Labute approximate surface area is 72.8 Å². The maximum Gasteiger partial charge on any atom is 0.172 e. The standard InChI is InChI=1S/C7H4ClN3O/c8-5-1-2-11-7(3-5)6(4-12)9-10-11/h1-4H. The van der Waals surface area contributed by atoms with Gasteiger partial charge >= 0.3 is 0 Å². The highest BCUT2D eigenvalue weighted by molar-refractivity contribution is 6.30. The van der Waals surface area contributed by atoms with Gasteiger partial charge in [0.05, 0.1) is 5.52 Å². The van der Waals surface area contributed by atoms with Crippen molar-refractivity contribution in [1.82, 2.24) is 14.8 Å². The lowest BCUT2D eigenvalue weighted by Gasteiger charge is -1.90. The average molecular weight is 182 g/mol. The van der Waals surface area contributed by atoms with Crippen molar-refractivity contribution in [3.05, 3.63) is 29.0 Å². The number of carbonyl (C=O) groups is 1. The van der Waals surface area contributed by atoms with E-state index in [1.807, 2.05) is 0 Å². The van der Waals surface area contributed by atoms with Gasteiger partial charge in [0.25, 0.3) is 0 Å². The summed E-state index contributed by atoms with van der Waals surface area (Å²) in [6, 6.07) is 3.32. The first-order valence-electron chi connectivity index (χ1n) is 3.27. The van der Waals surface area contributed by atoms with Crippen LogP contribution in [0.3, 0.4) is 0 Å². The van der Waals surface area contributed by atoms with Gasteiger partial charge in [0, 0.05) is 11.2 Å². The second-order valence-electron chi connectivity index (χ2n) is 2.27. The van der Waals surface area contributed by atoms with Crippen molar-refractivity contribution in [3.63, 3.8) is 0 Å². The Morgan fingerprint density at radius 3 is 3.17 bits per heavy atom. The molecule has 0 atom stereocenters. The van der Waals surface area contributed by atoms with Crippen molar-refractivity contribution in [3.8, 4) is 0 Å². The minimum atomic E-state index is 0.303. The zero-order valence-corrected chi connectivity index (χ0v) is 6.69. The van der Waals surface area contributed by atoms with E-state index in [0.29, 0.717) is 22.5 Å². The summed E-state index contributed by atoms with van der Waals surface area (Å²) >= 11 is 5.72. The van der Waals surface area contributed by atoms with Crippen LogP contribution in [0.15, 0.2) is 18.3 Å². The highest BCUT2D eigenvalue weighted by atomic mass is 35.5. The molecule has 0 aliphatic heterocycles. The van der Waals surface area contributed by atoms with Crippen LogP contribution in [0.1, 0.15) is 10.5 Å². The summed E-state index contributed by atoms with van der Waals surface area (Å²) in [6.45, 7) is 0. The van der Waals surface area contributed by atoms with Crippen LogP contribution in [-0.4, -0.2) is 21.1 Å². The fraction of sp³-hybridized carbons (Fsp3) is 0. The molecule has 0 N–H and O–H groups in total. The number of halogens is 1. The summed E-state index contributed by atoms with van der Waals surface area (Å²) in [5.41, 5.74) is 0.926. The smallest absolute Gasteiger partial charge is 0.172 e. The molecule has 12 heavy (non-hydrogen) atoms. The number of aromatic nitrogens is 3. The van der Waals surface area contributed by atoms with Gasteiger partial charge in [-0.3, -0.25) is 4.79 Å². The molecule has 2 aromatic heterocycles. The first kappa shape index (κ1) is 7.24. The number of hydrogen-bond donors (Lipinski definition) is 0. The van der Waals surface area contributed by atoms with Crippen molar-refractivity contribution < 1.29 is 4.79 Å². The van der Waals surface area contributed by atoms with Gasteiger partial charge in [-0.05, 0) is 12.1 Å². The third-order valence-electron chi connectivity index (χ3n) is 1.52. The van der Waals surface area contributed by atoms with Crippen LogP contribution in [0.4, 0.5) is 0 Å². The molecule has 4 nitrogen and oxygen atoms in total. The first-order chi connectivity index (χ1) is 5.81. The number of rotatable bonds is 1. The van der Waals surface area contributed by atoms with Crippen LogP contribution in [0.5, 0.6) is 0 Å². The van der Waals surface area contributed by atoms with E-state index in [4.69, 9.17) is 11.6 Å². The molecular weight excluding hydrogens is 178 g/mol. The Morgan fingerprint density at radius 2 is 2.42 bits per heavy atom. The summed E-state index contributed by atoms with van der Waals surface area (Å²) in [6.07, 6.45) is 2.30. The second-order valence-corrected chi connectivity index (χ2v) is 2.70. The van der Waals surface area contributed by atoms with E-state index in [9.17, 15) is 4.79 Å². The van der Waals surface area contributed by atoms with E-state index in [0.717, 1.165) is 0 Å². The van der Waals surface area contributed by atoms with E-state index < -0.39 is 0 Å². The molecule has 0 amide bonds. The predicted molar refractivity (Wildman–Crippen MR) is 43.4 cm³/mol. The lowest BCUT2D eigenvalue weighted by Crippen LogP contribution is -1.85. The molecule has 0 fully saturated rings. The Morgan fingerprint density at radius 1 is 1.58 bits per heavy atom. The number of carbonyl (C=O) groups excluding carboxylic acids is 1. The lowest BCUT2D eigenvalue weighted by atomic mass is 10.3. The minimum Gasteiger partial charge on any atom is -0.296 e. The van der Waals surface area contributed by atoms with Crippen LogP contribution in [0.2, 0.25) is 5.02 Å². The summed E-state index contributed by atoms with van der Waals surface area (Å²) in [5, 5.41) is 7.91. The fourth-order valence-corrected chi connectivity index (χ4v) is 1.13. The monoisotopic (exact) mass is 181 g/mol. The van der Waals surface area contributed by atoms with Crippen molar-refractivity contribution in [2.24, 2.45) is 0 Å². The van der Waals surface area contributed by atoms with Crippen LogP contribution in [0, 0.1) is 0 Å². The highest BCUT2D eigenvalue weighted by Gasteiger charge is 2.03. The third-order valence-corrected chi connectivity index (χ3v) is 1.75. The number of aldehydes is 1. The molecule has 2 rings (SSSR count). The zero-order chi connectivity index (χ0) is 8.55. The SMILES string of the molecule is O=Cc1nnn2ccc(Cl)cc12. The number of nitrogens with zero attached hydrogens (tertiary/aromatic N) is 3. The molecule has 5 heteroatoms. The first-order valence-corrected chi connectivity index (χ1v) is 3.65. The Hall–Kier alpha value is -1.42. The molecule has 2 heterocycles. The quantitative estimate of drug-likeness (QED) is 0.621. The van der Waals surface area contributed by atoms with Gasteiger partial charge in [-0.15, -0.1) is 5.10 Å². The maximum absolute atomic E-state index is 10.4. The molecule has 0 unspecified atom stereocenters. The fourth-order valence-electron chi connectivity index (χ4n) is 0.968. The molecule has 0 saturated heterocycles. The molecule has 0 spiro atoms. The van der Waals surface area contributed by atoms with Crippen molar-refractivity contribution in [1.29, 1.82) is 0 Å². The van der Waals surface area contributed by atoms with Gasteiger partial charge in [-0.25, -0.2) is 4.52 Å². The number of hydrogen-bond acceptors (Lipinski definition) is 3. The normalized spacial score (nSPS) is 10.4. The van der Waals surface area contributed by atoms with Crippen molar-refractivity contribution in [2.75, 3.05) is 0 Å². The molecule has 0 bridgehead atoms.